The van der Waals surface area contributed by atoms with Crippen LogP contribution in [-0.2, 0) is 4.74 Å². The molecule has 0 spiro atoms. The third-order valence-electron chi connectivity index (χ3n) is 2.16. The van der Waals surface area contributed by atoms with E-state index >= 15 is 0 Å². The largest absolute Gasteiger partial charge is 0.389 e. The van der Waals surface area contributed by atoms with Crippen LogP contribution >= 0.6 is 15.9 Å². The molecule has 1 atom stereocenters. The van der Waals surface area contributed by atoms with Gasteiger partial charge in [-0.1, -0.05) is 6.07 Å². The zero-order valence-electron chi connectivity index (χ0n) is 9.66. The zero-order valence-corrected chi connectivity index (χ0v) is 11.3. The van der Waals surface area contributed by atoms with Crippen LogP contribution in [0.5, 0.6) is 0 Å². The summed E-state index contributed by atoms with van der Waals surface area (Å²) < 4.78 is 6.14. The highest BCUT2D eigenvalue weighted by Crippen LogP contribution is 2.23. The maximum absolute atomic E-state index is 9.60. The van der Waals surface area contributed by atoms with Crippen molar-refractivity contribution < 1.29 is 9.84 Å². The van der Waals surface area contributed by atoms with Crippen molar-refractivity contribution in [2.75, 3.05) is 25.1 Å². The molecule has 0 aromatic heterocycles. The van der Waals surface area contributed by atoms with Gasteiger partial charge in [-0.05, 0) is 47.5 Å². The van der Waals surface area contributed by atoms with Crippen LogP contribution in [0.2, 0.25) is 0 Å². The van der Waals surface area contributed by atoms with Crippen molar-refractivity contribution in [2.24, 2.45) is 0 Å². The van der Waals surface area contributed by atoms with Gasteiger partial charge >= 0.3 is 0 Å². The third kappa shape index (κ3) is 4.51. The highest BCUT2D eigenvalue weighted by Gasteiger charge is 2.05. The van der Waals surface area contributed by atoms with E-state index in [4.69, 9.17) is 4.74 Å². The number of hydrogen-bond donors (Lipinski definition) is 2. The van der Waals surface area contributed by atoms with Crippen molar-refractivity contribution in [2.45, 2.75) is 20.0 Å². The Morgan fingerprint density at radius 3 is 2.94 bits per heavy atom. The molecule has 1 unspecified atom stereocenters. The van der Waals surface area contributed by atoms with E-state index in [2.05, 4.69) is 21.2 Å². The Bertz CT molecular complexity index is 331. The smallest absolute Gasteiger partial charge is 0.0945 e. The predicted octanol–water partition coefficient (Wildman–Crippen LogP) is 2.57. The Labute approximate surface area is 105 Å². The second-order valence-electron chi connectivity index (χ2n) is 3.68. The Morgan fingerprint density at radius 2 is 2.25 bits per heavy atom. The summed E-state index contributed by atoms with van der Waals surface area (Å²) in [6.45, 7) is 5.44. The number of aryl methyl sites for hydroxylation is 1. The summed E-state index contributed by atoms with van der Waals surface area (Å²) in [6.07, 6.45) is -0.479. The molecule has 0 radical (unpaired) electrons. The van der Waals surface area contributed by atoms with Gasteiger partial charge in [0.05, 0.1) is 12.7 Å². The molecule has 1 aromatic rings. The van der Waals surface area contributed by atoms with Crippen LogP contribution in [0.3, 0.4) is 0 Å². The SMILES string of the molecule is CCOCC(O)CNc1cc(C)ccc1Br. The Morgan fingerprint density at radius 1 is 1.50 bits per heavy atom. The minimum Gasteiger partial charge on any atom is -0.389 e. The van der Waals surface area contributed by atoms with Gasteiger partial charge in [-0.2, -0.15) is 0 Å². The van der Waals surface area contributed by atoms with Crippen LogP contribution in [0.4, 0.5) is 5.69 Å². The molecule has 0 aliphatic heterocycles. The van der Waals surface area contributed by atoms with Crippen LogP contribution in [-0.4, -0.2) is 31.0 Å². The van der Waals surface area contributed by atoms with Crippen molar-refractivity contribution in [1.82, 2.24) is 0 Å². The van der Waals surface area contributed by atoms with E-state index in [0.29, 0.717) is 19.8 Å². The molecule has 0 aliphatic carbocycles. The van der Waals surface area contributed by atoms with E-state index in [0.717, 1.165) is 10.2 Å². The first-order valence-corrected chi connectivity index (χ1v) is 6.18. The van der Waals surface area contributed by atoms with Crippen molar-refractivity contribution in [3.8, 4) is 0 Å². The van der Waals surface area contributed by atoms with Gasteiger partial charge in [0.1, 0.15) is 0 Å². The van der Waals surface area contributed by atoms with Gasteiger partial charge in [-0.25, -0.2) is 0 Å². The van der Waals surface area contributed by atoms with Crippen molar-refractivity contribution in [1.29, 1.82) is 0 Å². The quantitative estimate of drug-likeness (QED) is 0.845. The summed E-state index contributed by atoms with van der Waals surface area (Å²) in [7, 11) is 0. The molecule has 0 amide bonds. The molecule has 0 fully saturated rings. The number of aliphatic hydroxyl groups is 1. The molecule has 90 valence electrons. The van der Waals surface area contributed by atoms with Gasteiger partial charge in [0, 0.05) is 23.3 Å². The van der Waals surface area contributed by atoms with Crippen molar-refractivity contribution >= 4 is 21.6 Å². The van der Waals surface area contributed by atoms with E-state index in [-0.39, 0.29) is 0 Å². The number of aliphatic hydroxyl groups excluding tert-OH is 1. The Hall–Kier alpha value is -0.580. The normalized spacial score (nSPS) is 12.5. The van der Waals surface area contributed by atoms with Crippen LogP contribution < -0.4 is 5.32 Å². The summed E-state index contributed by atoms with van der Waals surface area (Å²) >= 11 is 3.46. The summed E-state index contributed by atoms with van der Waals surface area (Å²) in [5.74, 6) is 0. The van der Waals surface area contributed by atoms with Gasteiger partial charge in [0.2, 0.25) is 0 Å². The lowest BCUT2D eigenvalue weighted by Crippen LogP contribution is -2.24. The molecule has 0 saturated carbocycles. The predicted molar refractivity (Wildman–Crippen MR) is 69.9 cm³/mol. The van der Waals surface area contributed by atoms with Crippen LogP contribution in [0, 0.1) is 6.92 Å². The summed E-state index contributed by atoms with van der Waals surface area (Å²) in [6, 6.07) is 6.07. The zero-order chi connectivity index (χ0) is 12.0. The van der Waals surface area contributed by atoms with E-state index in [1.807, 2.05) is 32.0 Å². The number of nitrogens with one attached hydrogen (secondary N) is 1. The first-order chi connectivity index (χ1) is 7.63. The molecule has 16 heavy (non-hydrogen) atoms. The van der Waals surface area contributed by atoms with Gasteiger partial charge in [-0.15, -0.1) is 0 Å². The lowest BCUT2D eigenvalue weighted by Gasteiger charge is -2.14. The number of anilines is 1. The molecule has 0 heterocycles. The molecule has 2 N–H and O–H groups in total. The molecule has 0 saturated heterocycles. The van der Waals surface area contributed by atoms with E-state index in [1.54, 1.807) is 0 Å². The minimum atomic E-state index is -0.479. The lowest BCUT2D eigenvalue weighted by molar-refractivity contribution is 0.0496. The molecule has 0 aliphatic rings. The van der Waals surface area contributed by atoms with Gasteiger partial charge in [-0.3, -0.25) is 0 Å². The van der Waals surface area contributed by atoms with Crippen molar-refractivity contribution in [3.63, 3.8) is 0 Å². The molecule has 1 aromatic carbocycles. The molecular weight excluding hydrogens is 270 g/mol. The van der Waals surface area contributed by atoms with Crippen LogP contribution in [0.1, 0.15) is 12.5 Å². The maximum Gasteiger partial charge on any atom is 0.0945 e. The monoisotopic (exact) mass is 287 g/mol. The fraction of sp³-hybridized carbons (Fsp3) is 0.500. The number of hydrogen-bond acceptors (Lipinski definition) is 3. The van der Waals surface area contributed by atoms with E-state index in [1.165, 1.54) is 5.56 Å². The maximum atomic E-state index is 9.60. The van der Waals surface area contributed by atoms with Gasteiger partial charge in [0.15, 0.2) is 0 Å². The summed E-state index contributed by atoms with van der Waals surface area (Å²) in [4.78, 5) is 0. The Kier molecular flexibility index (Phi) is 5.80. The lowest BCUT2D eigenvalue weighted by atomic mass is 10.2. The third-order valence-corrected chi connectivity index (χ3v) is 2.86. The fourth-order valence-electron chi connectivity index (χ4n) is 1.32. The number of ether oxygens (including phenoxy) is 1. The topological polar surface area (TPSA) is 41.5 Å². The van der Waals surface area contributed by atoms with Crippen LogP contribution in [0.25, 0.3) is 0 Å². The molecule has 0 bridgehead atoms. The van der Waals surface area contributed by atoms with E-state index < -0.39 is 6.10 Å². The van der Waals surface area contributed by atoms with Crippen LogP contribution in [0.15, 0.2) is 22.7 Å². The highest BCUT2D eigenvalue weighted by atomic mass is 79.9. The first-order valence-electron chi connectivity index (χ1n) is 5.39. The second-order valence-corrected chi connectivity index (χ2v) is 4.53. The average molecular weight is 288 g/mol. The standard InChI is InChI=1S/C12H18BrNO2/c1-3-16-8-10(15)7-14-12-6-9(2)4-5-11(12)13/h4-6,10,14-15H,3,7-8H2,1-2H3. The highest BCUT2D eigenvalue weighted by molar-refractivity contribution is 9.10. The molecule has 3 nitrogen and oxygen atoms in total. The second kappa shape index (κ2) is 6.89. The number of benzene rings is 1. The minimum absolute atomic E-state index is 0.368. The number of rotatable bonds is 6. The average Bonchev–Trinajstić information content (AvgIpc) is 2.27. The van der Waals surface area contributed by atoms with Gasteiger partial charge < -0.3 is 15.2 Å². The van der Waals surface area contributed by atoms with E-state index in [9.17, 15) is 5.11 Å². The van der Waals surface area contributed by atoms with Crippen molar-refractivity contribution in [3.05, 3.63) is 28.2 Å². The molecule has 4 heteroatoms. The summed E-state index contributed by atoms with van der Waals surface area (Å²) in [5, 5.41) is 12.8. The summed E-state index contributed by atoms with van der Waals surface area (Å²) in [5.41, 5.74) is 2.18. The Balaban J connectivity index is 2.44. The molecular formula is C12H18BrNO2. The van der Waals surface area contributed by atoms with Gasteiger partial charge in [0.25, 0.3) is 0 Å². The fourth-order valence-corrected chi connectivity index (χ4v) is 1.70. The first kappa shape index (κ1) is 13.5. The molecule has 1 rings (SSSR count). The number of halogens is 1.